The number of phenols is 1. The van der Waals surface area contributed by atoms with Gasteiger partial charge in [0.25, 0.3) is 0 Å². The molecular formula is C23H10F14O7. The van der Waals surface area contributed by atoms with E-state index in [1.54, 1.807) is 0 Å². The highest BCUT2D eigenvalue weighted by Crippen LogP contribution is 2.49. The molecule has 0 spiro atoms. The SMILES string of the molecule is O=C1CC(c2ccc(OC(=O)C(F)(F)C(F)(F)C(F)(F)F)cc2)Oc2cc(OC(=O)C(F)(F)C(F)(F)C(F)(F)F)cc(O)c21. The average Bonchev–Trinajstić information content (AvgIpc) is 2.86. The molecule has 7 nitrogen and oxygen atoms in total. The van der Waals surface area contributed by atoms with Crippen LogP contribution < -0.4 is 14.2 Å². The first-order chi connectivity index (χ1) is 19.8. The van der Waals surface area contributed by atoms with Crippen molar-refractivity contribution in [2.24, 2.45) is 0 Å². The van der Waals surface area contributed by atoms with Crippen LogP contribution in [0.2, 0.25) is 0 Å². The van der Waals surface area contributed by atoms with Gasteiger partial charge in [-0.3, -0.25) is 4.79 Å². The van der Waals surface area contributed by atoms with Gasteiger partial charge < -0.3 is 19.3 Å². The zero-order valence-corrected chi connectivity index (χ0v) is 20.4. The molecule has 1 unspecified atom stereocenters. The van der Waals surface area contributed by atoms with Gasteiger partial charge >= 0.3 is 48.0 Å². The number of aromatic hydroxyl groups is 1. The number of phenolic OH excluding ortho intramolecular Hbond substituents is 1. The molecule has 1 aliphatic rings. The van der Waals surface area contributed by atoms with Crippen molar-refractivity contribution in [1.82, 2.24) is 0 Å². The van der Waals surface area contributed by atoms with Gasteiger partial charge in [-0.2, -0.15) is 61.5 Å². The van der Waals surface area contributed by atoms with Gasteiger partial charge in [-0.05, 0) is 17.7 Å². The van der Waals surface area contributed by atoms with Crippen LogP contribution in [0.5, 0.6) is 23.0 Å². The highest BCUT2D eigenvalue weighted by atomic mass is 19.4. The van der Waals surface area contributed by atoms with Crippen LogP contribution in [0, 0.1) is 0 Å². The fraction of sp³-hybridized carbons (Fsp3) is 0.348. The Labute approximate surface area is 232 Å². The number of carbonyl (C=O) groups is 3. The molecule has 1 heterocycles. The summed E-state index contributed by atoms with van der Waals surface area (Å²) >= 11 is 0. The van der Waals surface area contributed by atoms with Gasteiger partial charge in [-0.15, -0.1) is 0 Å². The van der Waals surface area contributed by atoms with E-state index in [2.05, 4.69) is 9.47 Å². The number of fused-ring (bicyclic) bond motifs is 1. The third-order valence-electron chi connectivity index (χ3n) is 5.66. The van der Waals surface area contributed by atoms with Crippen LogP contribution in [0.25, 0.3) is 0 Å². The van der Waals surface area contributed by atoms with E-state index in [0.717, 1.165) is 12.1 Å². The van der Waals surface area contributed by atoms with Crippen LogP contribution in [-0.4, -0.2) is 58.9 Å². The summed E-state index contributed by atoms with van der Waals surface area (Å²) in [5, 5.41) is 10.0. The molecule has 242 valence electrons. The molecular weight excluding hydrogens is 654 g/mol. The van der Waals surface area contributed by atoms with E-state index in [0.29, 0.717) is 18.2 Å². The Hall–Kier alpha value is -4.33. The number of alkyl halides is 14. The molecule has 0 radical (unpaired) electrons. The molecule has 0 saturated heterocycles. The minimum atomic E-state index is -6.89. The van der Waals surface area contributed by atoms with Crippen LogP contribution in [0.15, 0.2) is 36.4 Å². The molecule has 0 saturated carbocycles. The van der Waals surface area contributed by atoms with Crippen LogP contribution in [0.3, 0.4) is 0 Å². The smallest absolute Gasteiger partial charge is 0.460 e. The molecule has 0 bridgehead atoms. The van der Waals surface area contributed by atoms with Crippen molar-refractivity contribution in [2.75, 3.05) is 0 Å². The summed E-state index contributed by atoms with van der Waals surface area (Å²) in [5.74, 6) is -38.5. The molecule has 1 atom stereocenters. The van der Waals surface area contributed by atoms with Gasteiger partial charge in [0.2, 0.25) is 0 Å². The van der Waals surface area contributed by atoms with Crippen molar-refractivity contribution < 1.29 is 95.2 Å². The standard InChI is InChI=1S/C23H10F14O7/c24-18(25,20(28,29)22(32,33)34)16(40)42-9-3-1-8(2-4-9)13-7-12(39)15-11(38)5-10(6-14(15)44-13)43-17(41)19(26,27)21(30,31)23(35,36)37/h1-6,13,38H,7H2. The molecule has 3 rings (SSSR count). The zero-order valence-electron chi connectivity index (χ0n) is 20.4. The van der Waals surface area contributed by atoms with E-state index in [1.165, 1.54) is 0 Å². The number of ketones is 1. The number of hydrogen-bond donors (Lipinski definition) is 1. The van der Waals surface area contributed by atoms with Gasteiger partial charge in [-0.25, -0.2) is 9.59 Å². The Morgan fingerprint density at radius 3 is 1.57 bits per heavy atom. The molecule has 44 heavy (non-hydrogen) atoms. The highest BCUT2D eigenvalue weighted by Gasteiger charge is 2.78. The lowest BCUT2D eigenvalue weighted by Gasteiger charge is -2.28. The fourth-order valence-corrected chi connectivity index (χ4v) is 3.36. The van der Waals surface area contributed by atoms with Crippen LogP contribution in [0.1, 0.15) is 28.4 Å². The molecule has 21 heteroatoms. The number of ether oxygens (including phenoxy) is 3. The molecule has 0 aromatic heterocycles. The largest absolute Gasteiger partial charge is 0.507 e. The topological polar surface area (TPSA) is 99.1 Å². The minimum Gasteiger partial charge on any atom is -0.507 e. The number of hydrogen-bond acceptors (Lipinski definition) is 7. The monoisotopic (exact) mass is 664 g/mol. The predicted molar refractivity (Wildman–Crippen MR) is 110 cm³/mol. The van der Waals surface area contributed by atoms with E-state index < -0.39 is 94.9 Å². The molecule has 0 aliphatic carbocycles. The van der Waals surface area contributed by atoms with Crippen molar-refractivity contribution in [3.63, 3.8) is 0 Å². The second-order valence-electron chi connectivity index (χ2n) is 8.69. The lowest BCUT2D eigenvalue weighted by Crippen LogP contribution is -2.57. The number of benzene rings is 2. The third-order valence-corrected chi connectivity index (χ3v) is 5.66. The first-order valence-electron chi connectivity index (χ1n) is 11.0. The number of carbonyl (C=O) groups excluding carboxylic acids is 3. The molecule has 0 fully saturated rings. The van der Waals surface area contributed by atoms with Crippen molar-refractivity contribution in [3.8, 4) is 23.0 Å². The molecule has 2 aromatic carbocycles. The second kappa shape index (κ2) is 10.7. The summed E-state index contributed by atoms with van der Waals surface area (Å²) in [6.07, 6.45) is -15.9. The fourth-order valence-electron chi connectivity index (χ4n) is 3.36. The van der Waals surface area contributed by atoms with Crippen LogP contribution >= 0.6 is 0 Å². The predicted octanol–water partition coefficient (Wildman–Crippen LogP) is 6.58. The summed E-state index contributed by atoms with van der Waals surface area (Å²) in [6, 6.07) is 3.40. The summed E-state index contributed by atoms with van der Waals surface area (Å²) in [4.78, 5) is 35.4. The van der Waals surface area contributed by atoms with Gasteiger partial charge in [0, 0.05) is 12.1 Å². The Morgan fingerprint density at radius 1 is 0.705 bits per heavy atom. The minimum absolute atomic E-state index is 0.158. The first-order valence-corrected chi connectivity index (χ1v) is 11.0. The van der Waals surface area contributed by atoms with Crippen molar-refractivity contribution in [1.29, 1.82) is 0 Å². The van der Waals surface area contributed by atoms with Gasteiger partial charge in [0.05, 0.1) is 6.42 Å². The van der Waals surface area contributed by atoms with Crippen LogP contribution in [-0.2, 0) is 9.59 Å². The summed E-state index contributed by atoms with van der Waals surface area (Å²) in [5.41, 5.74) is -0.860. The normalized spacial score (nSPS) is 16.6. The van der Waals surface area contributed by atoms with Crippen LogP contribution in [0.4, 0.5) is 61.5 Å². The quantitative estimate of drug-likeness (QED) is 0.203. The summed E-state index contributed by atoms with van der Waals surface area (Å²) < 4.78 is 193. The number of Topliss-reactive ketones (excluding diaryl/α,β-unsaturated/α-hetero) is 1. The number of halogens is 14. The van der Waals surface area contributed by atoms with E-state index in [-0.39, 0.29) is 11.6 Å². The number of esters is 2. The van der Waals surface area contributed by atoms with Gasteiger partial charge in [0.15, 0.2) is 5.78 Å². The summed E-state index contributed by atoms with van der Waals surface area (Å²) in [6.45, 7) is 0. The molecule has 2 aromatic rings. The Kier molecular flexibility index (Phi) is 8.29. The first kappa shape index (κ1) is 34.2. The Balaban J connectivity index is 1.82. The maximum Gasteiger partial charge on any atom is 0.460 e. The average molecular weight is 664 g/mol. The van der Waals surface area contributed by atoms with Gasteiger partial charge in [-0.1, -0.05) is 12.1 Å². The van der Waals surface area contributed by atoms with E-state index >= 15 is 0 Å². The Bertz CT molecular complexity index is 1460. The van der Waals surface area contributed by atoms with E-state index in [4.69, 9.17) is 4.74 Å². The zero-order chi connectivity index (χ0) is 33.8. The Morgan fingerprint density at radius 2 is 1.14 bits per heavy atom. The molecule has 0 amide bonds. The van der Waals surface area contributed by atoms with Crippen molar-refractivity contribution in [2.45, 2.75) is 48.6 Å². The third kappa shape index (κ3) is 5.77. The van der Waals surface area contributed by atoms with E-state index in [1.807, 2.05) is 0 Å². The van der Waals surface area contributed by atoms with E-state index in [9.17, 15) is 81.0 Å². The maximum absolute atomic E-state index is 13.6. The lowest BCUT2D eigenvalue weighted by atomic mass is 9.95. The summed E-state index contributed by atoms with van der Waals surface area (Å²) in [7, 11) is 0. The molecule has 1 N–H and O–H groups in total. The van der Waals surface area contributed by atoms with Crippen molar-refractivity contribution in [3.05, 3.63) is 47.5 Å². The maximum atomic E-state index is 13.6. The van der Waals surface area contributed by atoms with Gasteiger partial charge in [0.1, 0.15) is 34.7 Å². The van der Waals surface area contributed by atoms with Crippen molar-refractivity contribution >= 4 is 17.7 Å². The lowest BCUT2D eigenvalue weighted by molar-refractivity contribution is -0.346. The molecule has 1 aliphatic heterocycles. The number of rotatable bonds is 7. The second-order valence-corrected chi connectivity index (χ2v) is 8.69. The highest BCUT2D eigenvalue weighted by molar-refractivity contribution is 6.02.